The summed E-state index contributed by atoms with van der Waals surface area (Å²) in [6.07, 6.45) is -0.487. The van der Waals surface area contributed by atoms with E-state index in [1.54, 1.807) is 20.8 Å². The van der Waals surface area contributed by atoms with Gasteiger partial charge in [0, 0.05) is 18.7 Å². The van der Waals surface area contributed by atoms with Gasteiger partial charge in [0.15, 0.2) is 4.80 Å². The fourth-order valence-electron chi connectivity index (χ4n) is 4.20. The lowest BCUT2D eigenvalue weighted by Gasteiger charge is -2.34. The van der Waals surface area contributed by atoms with E-state index in [2.05, 4.69) is 4.99 Å². The average molecular weight is 597 g/mol. The minimum atomic E-state index is -3.98. The predicted molar refractivity (Wildman–Crippen MR) is 143 cm³/mol. The molecule has 2 N–H and O–H groups in total. The van der Waals surface area contributed by atoms with Gasteiger partial charge in [-0.3, -0.25) is 9.59 Å². The van der Waals surface area contributed by atoms with Crippen molar-refractivity contribution < 1.29 is 35.9 Å². The van der Waals surface area contributed by atoms with Gasteiger partial charge in [0.25, 0.3) is 5.91 Å². The highest BCUT2D eigenvalue weighted by Gasteiger charge is 2.32. The Labute approximate surface area is 229 Å². The maximum atomic E-state index is 13.1. The van der Waals surface area contributed by atoms with Gasteiger partial charge in [-0.1, -0.05) is 11.3 Å². The molecule has 1 aromatic heterocycles. The van der Waals surface area contributed by atoms with Gasteiger partial charge in [0.1, 0.15) is 6.54 Å². The van der Waals surface area contributed by atoms with E-state index in [0.717, 1.165) is 11.3 Å². The van der Waals surface area contributed by atoms with Crippen LogP contribution < -0.4 is 9.94 Å². The molecule has 0 saturated carbocycles. The van der Waals surface area contributed by atoms with E-state index in [9.17, 15) is 26.4 Å². The highest BCUT2D eigenvalue weighted by Crippen LogP contribution is 2.23. The highest BCUT2D eigenvalue weighted by atomic mass is 32.2. The second-order valence-electron chi connectivity index (χ2n) is 8.97. The number of thiazole rings is 1. The predicted octanol–water partition coefficient (Wildman–Crippen LogP) is 1.45. The zero-order valence-corrected chi connectivity index (χ0v) is 23.9. The van der Waals surface area contributed by atoms with Gasteiger partial charge in [-0.2, -0.15) is 9.30 Å². The van der Waals surface area contributed by atoms with Crippen LogP contribution in [-0.4, -0.2) is 69.5 Å². The molecule has 1 aliphatic rings. The van der Waals surface area contributed by atoms with Crippen molar-refractivity contribution in [1.82, 2.24) is 8.87 Å². The van der Waals surface area contributed by atoms with Crippen LogP contribution in [0.4, 0.5) is 0 Å². The van der Waals surface area contributed by atoms with Gasteiger partial charge in [0.05, 0.1) is 38.8 Å². The number of nitrogens with zero attached hydrogens (tertiary/aromatic N) is 3. The minimum Gasteiger partial charge on any atom is -0.465 e. The maximum absolute atomic E-state index is 13.1. The molecule has 2 aromatic carbocycles. The Morgan fingerprint density at radius 3 is 2.26 bits per heavy atom. The first-order valence-electron chi connectivity index (χ1n) is 12.0. The molecule has 0 radical (unpaired) electrons. The van der Waals surface area contributed by atoms with Crippen LogP contribution in [0.5, 0.6) is 0 Å². The van der Waals surface area contributed by atoms with Crippen molar-refractivity contribution in [3.63, 3.8) is 0 Å². The number of aromatic nitrogens is 1. The zero-order valence-electron chi connectivity index (χ0n) is 21.4. The van der Waals surface area contributed by atoms with Crippen LogP contribution in [-0.2, 0) is 40.9 Å². The lowest BCUT2D eigenvalue weighted by atomic mass is 10.2. The molecule has 2 atom stereocenters. The number of ether oxygens (including phenoxy) is 2. The summed E-state index contributed by atoms with van der Waals surface area (Å²) in [6, 6.07) is 9.54. The summed E-state index contributed by atoms with van der Waals surface area (Å²) in [6.45, 7) is 5.61. The quantitative estimate of drug-likeness (QED) is 0.400. The van der Waals surface area contributed by atoms with E-state index in [1.807, 2.05) is 0 Å². The van der Waals surface area contributed by atoms with Crippen molar-refractivity contribution in [3.8, 4) is 0 Å². The number of sulfonamides is 2. The summed E-state index contributed by atoms with van der Waals surface area (Å²) in [5.74, 6) is -1.24. The van der Waals surface area contributed by atoms with Gasteiger partial charge in [0.2, 0.25) is 20.0 Å². The van der Waals surface area contributed by atoms with E-state index in [1.165, 1.54) is 51.3 Å². The Kier molecular flexibility index (Phi) is 8.39. The zero-order chi connectivity index (χ0) is 28.5. The molecule has 3 aromatic rings. The number of primary sulfonamides is 1. The van der Waals surface area contributed by atoms with Crippen molar-refractivity contribution >= 4 is 53.5 Å². The Balaban J connectivity index is 1.69. The number of esters is 1. The van der Waals surface area contributed by atoms with E-state index in [4.69, 9.17) is 14.6 Å². The summed E-state index contributed by atoms with van der Waals surface area (Å²) >= 11 is 0.997. The van der Waals surface area contributed by atoms with Crippen molar-refractivity contribution in [2.75, 3.05) is 19.7 Å². The van der Waals surface area contributed by atoms with Gasteiger partial charge >= 0.3 is 5.97 Å². The molecule has 0 aliphatic carbocycles. The van der Waals surface area contributed by atoms with Crippen molar-refractivity contribution in [2.24, 2.45) is 10.1 Å². The van der Waals surface area contributed by atoms with Crippen molar-refractivity contribution in [1.29, 1.82) is 0 Å². The normalized spacial score (nSPS) is 19.3. The second kappa shape index (κ2) is 11.3. The number of amides is 1. The Bertz CT molecular complexity index is 1680. The molecule has 1 saturated heterocycles. The van der Waals surface area contributed by atoms with Crippen LogP contribution >= 0.6 is 11.3 Å². The Morgan fingerprint density at radius 2 is 1.67 bits per heavy atom. The molecule has 0 bridgehead atoms. The number of nitrogens with two attached hydrogens (primary N) is 1. The number of benzene rings is 2. The summed E-state index contributed by atoms with van der Waals surface area (Å²) in [4.78, 5) is 29.5. The number of hydrogen-bond acceptors (Lipinski definition) is 9. The number of morpholine rings is 1. The van der Waals surface area contributed by atoms with Crippen LogP contribution in [0.1, 0.15) is 31.1 Å². The van der Waals surface area contributed by atoms with Crippen LogP contribution in [0.25, 0.3) is 10.2 Å². The minimum absolute atomic E-state index is 0.0371. The molecule has 1 fully saturated rings. The Morgan fingerprint density at radius 1 is 1.05 bits per heavy atom. The molecule has 15 heteroatoms. The summed E-state index contributed by atoms with van der Waals surface area (Å²) in [5, 5.41) is 5.24. The molecule has 1 amide bonds. The van der Waals surface area contributed by atoms with E-state index >= 15 is 0 Å². The molecule has 1 aliphatic heterocycles. The number of carbonyl (C=O) groups excluding carboxylic acids is 2. The summed E-state index contributed by atoms with van der Waals surface area (Å²) in [7, 11) is -7.77. The summed E-state index contributed by atoms with van der Waals surface area (Å²) < 4.78 is 63.7. The third-order valence-electron chi connectivity index (χ3n) is 5.90. The molecule has 210 valence electrons. The second-order valence-corrected chi connectivity index (χ2v) is 13.5. The fraction of sp³-hybridized carbons (Fsp3) is 0.375. The van der Waals surface area contributed by atoms with Gasteiger partial charge in [-0.25, -0.2) is 22.0 Å². The number of fused-ring (bicyclic) bond motifs is 1. The fourth-order valence-corrected chi connectivity index (χ4v) is 7.47. The average Bonchev–Trinajstić information content (AvgIpc) is 3.19. The monoisotopic (exact) mass is 596 g/mol. The third kappa shape index (κ3) is 6.45. The number of rotatable bonds is 7. The van der Waals surface area contributed by atoms with Crippen molar-refractivity contribution in [3.05, 3.63) is 52.8 Å². The number of carbonyl (C=O) groups is 2. The van der Waals surface area contributed by atoms with E-state index < -0.39 is 31.9 Å². The molecular weight excluding hydrogens is 568 g/mol. The standard InChI is InChI=1S/C24H28N4O8S3/c1-4-35-22(29)14-28-20-10-9-19(38(25,31)32)11-21(20)37-24(28)26-23(30)17-5-7-18(8-6-17)39(33,34)27-12-15(2)36-16(3)13-27/h5-11,15-16H,4,12-14H2,1-3H3,(H2,25,31,32)/t15-,16-/m1/s1. The third-order valence-corrected chi connectivity index (χ3v) is 9.70. The van der Waals surface area contributed by atoms with Crippen LogP contribution in [0.2, 0.25) is 0 Å². The van der Waals surface area contributed by atoms with Crippen LogP contribution in [0, 0.1) is 0 Å². The largest absolute Gasteiger partial charge is 0.465 e. The molecule has 2 heterocycles. The Hall–Kier alpha value is -2.95. The first-order chi connectivity index (χ1) is 18.3. The summed E-state index contributed by atoms with van der Waals surface area (Å²) in [5.41, 5.74) is 0.588. The highest BCUT2D eigenvalue weighted by molar-refractivity contribution is 7.89. The first-order valence-corrected chi connectivity index (χ1v) is 15.8. The lowest BCUT2D eigenvalue weighted by molar-refractivity contribution is -0.143. The van der Waals surface area contributed by atoms with E-state index in [-0.39, 0.29) is 58.6 Å². The van der Waals surface area contributed by atoms with Crippen molar-refractivity contribution in [2.45, 2.75) is 49.3 Å². The SMILES string of the molecule is CCOC(=O)Cn1c(=NC(=O)c2ccc(S(=O)(=O)N3C[C@@H](C)O[C@H](C)C3)cc2)sc2cc(S(N)(=O)=O)ccc21. The smallest absolute Gasteiger partial charge is 0.326 e. The van der Waals surface area contributed by atoms with Gasteiger partial charge in [-0.15, -0.1) is 0 Å². The molecular formula is C24H28N4O8S3. The first kappa shape index (κ1) is 29.0. The maximum Gasteiger partial charge on any atom is 0.326 e. The molecule has 0 unspecified atom stereocenters. The van der Waals surface area contributed by atoms with Crippen LogP contribution in [0.15, 0.2) is 57.2 Å². The number of hydrogen-bond donors (Lipinski definition) is 1. The molecule has 12 nitrogen and oxygen atoms in total. The molecule has 4 rings (SSSR count). The van der Waals surface area contributed by atoms with Gasteiger partial charge < -0.3 is 14.0 Å². The lowest BCUT2D eigenvalue weighted by Crippen LogP contribution is -2.48. The topological polar surface area (TPSA) is 167 Å². The van der Waals surface area contributed by atoms with Crippen LogP contribution in [0.3, 0.4) is 0 Å². The molecule has 39 heavy (non-hydrogen) atoms. The van der Waals surface area contributed by atoms with Gasteiger partial charge in [-0.05, 0) is 63.2 Å². The van der Waals surface area contributed by atoms with E-state index in [0.29, 0.717) is 10.2 Å². The molecule has 0 spiro atoms.